The maximum Gasteiger partial charge on any atom is 0.00797 e. The summed E-state index contributed by atoms with van der Waals surface area (Å²) in [5, 5.41) is 7.29. The number of rotatable bonds is 4. The fourth-order valence-corrected chi connectivity index (χ4v) is 3.06. The first kappa shape index (κ1) is 13.3. The van der Waals surface area contributed by atoms with E-state index in [1.54, 1.807) is 0 Å². The normalized spacial score (nSPS) is 29.1. The van der Waals surface area contributed by atoms with Crippen LogP contribution in [0, 0.1) is 5.92 Å². The predicted molar refractivity (Wildman–Crippen MR) is 73.3 cm³/mol. The Kier molecular flexibility index (Phi) is 5.75. The van der Waals surface area contributed by atoms with Crippen molar-refractivity contribution in [2.24, 2.45) is 5.92 Å². The van der Waals surface area contributed by atoms with E-state index in [1.807, 2.05) is 0 Å². The topological polar surface area (TPSA) is 27.3 Å². The minimum Gasteiger partial charge on any atom is -0.317 e. The van der Waals surface area contributed by atoms with Crippen molar-refractivity contribution in [3.05, 3.63) is 0 Å². The summed E-state index contributed by atoms with van der Waals surface area (Å²) in [6.07, 6.45) is 6.80. The Morgan fingerprint density at radius 2 is 1.94 bits per heavy atom. The Bertz CT molecular complexity index is 192. The third kappa shape index (κ3) is 4.57. The number of nitrogens with zero attached hydrogens (tertiary/aromatic N) is 1. The molecule has 2 aliphatic heterocycles. The zero-order chi connectivity index (χ0) is 11.9. The number of nitrogens with one attached hydrogen (secondary N) is 2. The highest BCUT2D eigenvalue weighted by Gasteiger charge is 2.19. The van der Waals surface area contributed by atoms with E-state index in [2.05, 4.69) is 22.5 Å². The van der Waals surface area contributed by atoms with Gasteiger partial charge in [0.05, 0.1) is 0 Å². The highest BCUT2D eigenvalue weighted by atomic mass is 15.1. The van der Waals surface area contributed by atoms with Crippen LogP contribution in [0.15, 0.2) is 0 Å². The number of hydrogen-bond donors (Lipinski definition) is 2. The van der Waals surface area contributed by atoms with Gasteiger partial charge in [-0.1, -0.05) is 6.92 Å². The molecule has 17 heavy (non-hydrogen) atoms. The van der Waals surface area contributed by atoms with Crippen LogP contribution in [0.4, 0.5) is 0 Å². The van der Waals surface area contributed by atoms with Gasteiger partial charge < -0.3 is 15.5 Å². The first-order valence-electron chi connectivity index (χ1n) is 7.55. The van der Waals surface area contributed by atoms with Crippen LogP contribution in [0.25, 0.3) is 0 Å². The first-order valence-corrected chi connectivity index (χ1v) is 7.55. The minimum atomic E-state index is 0.772. The molecule has 0 aromatic rings. The number of likely N-dealkylation sites (tertiary alicyclic amines) is 1. The second-order valence-electron chi connectivity index (χ2n) is 5.66. The molecule has 2 saturated heterocycles. The Morgan fingerprint density at radius 1 is 1.12 bits per heavy atom. The zero-order valence-electron chi connectivity index (χ0n) is 11.4. The minimum absolute atomic E-state index is 0.772. The van der Waals surface area contributed by atoms with Crippen LogP contribution in [-0.4, -0.2) is 50.2 Å². The second-order valence-corrected chi connectivity index (χ2v) is 5.66. The lowest BCUT2D eigenvalue weighted by molar-refractivity contribution is 0.187. The Morgan fingerprint density at radius 3 is 2.71 bits per heavy atom. The molecule has 2 aliphatic rings. The maximum absolute atomic E-state index is 3.81. The molecule has 0 aromatic heterocycles. The van der Waals surface area contributed by atoms with Gasteiger partial charge in [0.15, 0.2) is 0 Å². The van der Waals surface area contributed by atoms with Crippen molar-refractivity contribution in [1.29, 1.82) is 0 Å². The van der Waals surface area contributed by atoms with Crippen LogP contribution in [0.3, 0.4) is 0 Å². The SMILES string of the molecule is CCN1CCC(CNC2CCCNCC2)CC1. The number of piperidine rings is 1. The molecule has 0 aromatic carbocycles. The summed E-state index contributed by atoms with van der Waals surface area (Å²) in [6, 6.07) is 0.772. The molecule has 3 nitrogen and oxygen atoms in total. The summed E-state index contributed by atoms with van der Waals surface area (Å²) in [7, 11) is 0. The van der Waals surface area contributed by atoms with E-state index < -0.39 is 0 Å². The Labute approximate surface area is 106 Å². The average Bonchev–Trinajstić information content (AvgIpc) is 2.65. The zero-order valence-corrected chi connectivity index (χ0v) is 11.4. The van der Waals surface area contributed by atoms with E-state index in [0.29, 0.717) is 0 Å². The highest BCUT2D eigenvalue weighted by Crippen LogP contribution is 2.16. The van der Waals surface area contributed by atoms with Gasteiger partial charge in [0, 0.05) is 6.04 Å². The third-order valence-corrected chi connectivity index (χ3v) is 4.43. The monoisotopic (exact) mass is 239 g/mol. The van der Waals surface area contributed by atoms with Crippen molar-refractivity contribution in [3.63, 3.8) is 0 Å². The van der Waals surface area contributed by atoms with E-state index in [0.717, 1.165) is 12.0 Å². The summed E-state index contributed by atoms with van der Waals surface area (Å²) >= 11 is 0. The molecule has 2 N–H and O–H groups in total. The van der Waals surface area contributed by atoms with Crippen molar-refractivity contribution in [2.75, 3.05) is 39.3 Å². The molecule has 100 valence electrons. The van der Waals surface area contributed by atoms with Crippen LogP contribution < -0.4 is 10.6 Å². The summed E-state index contributed by atoms with van der Waals surface area (Å²) in [5.41, 5.74) is 0. The molecule has 0 saturated carbocycles. The van der Waals surface area contributed by atoms with E-state index in [4.69, 9.17) is 0 Å². The fraction of sp³-hybridized carbons (Fsp3) is 1.00. The van der Waals surface area contributed by atoms with Crippen molar-refractivity contribution < 1.29 is 0 Å². The van der Waals surface area contributed by atoms with Crippen molar-refractivity contribution >= 4 is 0 Å². The summed E-state index contributed by atoms with van der Waals surface area (Å²) in [6.45, 7) is 9.80. The van der Waals surface area contributed by atoms with Gasteiger partial charge in [-0.25, -0.2) is 0 Å². The molecule has 0 bridgehead atoms. The molecule has 2 heterocycles. The van der Waals surface area contributed by atoms with E-state index >= 15 is 0 Å². The van der Waals surface area contributed by atoms with Crippen LogP contribution in [-0.2, 0) is 0 Å². The van der Waals surface area contributed by atoms with E-state index in [1.165, 1.54) is 71.4 Å². The van der Waals surface area contributed by atoms with Crippen LogP contribution >= 0.6 is 0 Å². The summed E-state index contributed by atoms with van der Waals surface area (Å²) in [4.78, 5) is 2.58. The molecule has 1 atom stereocenters. The fourth-order valence-electron chi connectivity index (χ4n) is 3.06. The van der Waals surface area contributed by atoms with Gasteiger partial charge in [-0.15, -0.1) is 0 Å². The van der Waals surface area contributed by atoms with Crippen LogP contribution in [0.1, 0.15) is 39.0 Å². The predicted octanol–water partition coefficient (Wildman–Crippen LogP) is 1.45. The Balaban J connectivity index is 1.61. The lowest BCUT2D eigenvalue weighted by Gasteiger charge is -2.32. The molecule has 0 aliphatic carbocycles. The summed E-state index contributed by atoms with van der Waals surface area (Å²) in [5.74, 6) is 0.925. The molecule has 0 amide bonds. The molecular formula is C14H29N3. The molecule has 1 unspecified atom stereocenters. The van der Waals surface area contributed by atoms with Gasteiger partial charge in [0.25, 0.3) is 0 Å². The van der Waals surface area contributed by atoms with Gasteiger partial charge in [0.2, 0.25) is 0 Å². The lowest BCUT2D eigenvalue weighted by Crippen LogP contribution is -2.40. The van der Waals surface area contributed by atoms with Crippen molar-refractivity contribution in [3.8, 4) is 0 Å². The first-order chi connectivity index (χ1) is 8.38. The largest absolute Gasteiger partial charge is 0.317 e. The summed E-state index contributed by atoms with van der Waals surface area (Å²) < 4.78 is 0. The van der Waals surface area contributed by atoms with Crippen molar-refractivity contribution in [2.45, 2.75) is 45.1 Å². The lowest BCUT2D eigenvalue weighted by atomic mass is 9.96. The molecule has 0 spiro atoms. The molecule has 2 fully saturated rings. The van der Waals surface area contributed by atoms with Gasteiger partial charge >= 0.3 is 0 Å². The van der Waals surface area contributed by atoms with Gasteiger partial charge in [-0.05, 0) is 77.3 Å². The Hall–Kier alpha value is -0.120. The van der Waals surface area contributed by atoms with Crippen LogP contribution in [0.2, 0.25) is 0 Å². The molecule has 3 heteroatoms. The smallest absolute Gasteiger partial charge is 0.00797 e. The average molecular weight is 239 g/mol. The van der Waals surface area contributed by atoms with Crippen LogP contribution in [0.5, 0.6) is 0 Å². The van der Waals surface area contributed by atoms with Gasteiger partial charge in [0.1, 0.15) is 0 Å². The molecule has 0 radical (unpaired) electrons. The standard InChI is InChI=1S/C14H29N3/c1-2-17-10-6-13(7-11-17)12-16-14-4-3-8-15-9-5-14/h13-16H,2-12H2,1H3. The molecule has 2 rings (SSSR count). The van der Waals surface area contributed by atoms with Gasteiger partial charge in [-0.2, -0.15) is 0 Å². The van der Waals surface area contributed by atoms with E-state index in [-0.39, 0.29) is 0 Å². The van der Waals surface area contributed by atoms with Crippen molar-refractivity contribution in [1.82, 2.24) is 15.5 Å². The maximum atomic E-state index is 3.81. The highest BCUT2D eigenvalue weighted by molar-refractivity contribution is 4.77. The quantitative estimate of drug-likeness (QED) is 0.777. The number of hydrogen-bond acceptors (Lipinski definition) is 3. The third-order valence-electron chi connectivity index (χ3n) is 4.43. The van der Waals surface area contributed by atoms with Gasteiger partial charge in [-0.3, -0.25) is 0 Å². The second kappa shape index (κ2) is 7.34. The molecular weight excluding hydrogens is 210 g/mol. The van der Waals surface area contributed by atoms with E-state index in [9.17, 15) is 0 Å².